The highest BCUT2D eigenvalue weighted by atomic mass is 16.5. The Kier molecular flexibility index (Phi) is 6.53. The molecule has 0 aliphatic carbocycles. The molecule has 146 valence electrons. The summed E-state index contributed by atoms with van der Waals surface area (Å²) in [5.74, 6) is 1.10. The molecule has 6 nitrogen and oxygen atoms in total. The summed E-state index contributed by atoms with van der Waals surface area (Å²) in [6, 6.07) is 0. The van der Waals surface area contributed by atoms with Crippen LogP contribution < -0.4 is 10.1 Å². The molecule has 0 radical (unpaired) electrons. The highest BCUT2D eigenvalue weighted by Gasteiger charge is 2.35. The molecule has 0 aromatic heterocycles. The van der Waals surface area contributed by atoms with Crippen LogP contribution in [0.3, 0.4) is 0 Å². The van der Waals surface area contributed by atoms with Gasteiger partial charge >= 0.3 is 0 Å². The van der Waals surface area contributed by atoms with Crippen LogP contribution in [0.25, 0.3) is 0 Å². The molecular weight excluding hydrogens is 332 g/mol. The topological polar surface area (TPSA) is 71.0 Å². The highest BCUT2D eigenvalue weighted by molar-refractivity contribution is 5.77. The van der Waals surface area contributed by atoms with E-state index in [4.69, 9.17) is 9.47 Å². The Morgan fingerprint density at radius 2 is 1.96 bits per heavy atom. The van der Waals surface area contributed by atoms with Gasteiger partial charge in [-0.1, -0.05) is 0 Å². The molecule has 1 unspecified atom stereocenters. The third-order valence-corrected chi connectivity index (χ3v) is 5.11. The lowest BCUT2D eigenvalue weighted by Gasteiger charge is -2.37. The van der Waals surface area contributed by atoms with Gasteiger partial charge < -0.3 is 24.8 Å². The molecule has 1 aromatic carbocycles. The maximum atomic E-state index is 11.8. The van der Waals surface area contributed by atoms with E-state index >= 15 is 0 Å². The van der Waals surface area contributed by atoms with E-state index in [1.807, 2.05) is 46.7 Å². The van der Waals surface area contributed by atoms with Gasteiger partial charge in [0.1, 0.15) is 23.7 Å². The molecular formula is C20H32N2O4. The highest BCUT2D eigenvalue weighted by Crippen LogP contribution is 2.43. The SMILES string of the molecule is Cc1c(C)c2c(c(C)c1O)CCC(C)(COCC(=O)NCCN(C)C)O2. The second-order valence-electron chi connectivity index (χ2n) is 7.73. The van der Waals surface area contributed by atoms with Crippen molar-refractivity contribution in [1.82, 2.24) is 10.2 Å². The van der Waals surface area contributed by atoms with Crippen LogP contribution >= 0.6 is 0 Å². The average molecular weight is 364 g/mol. The lowest BCUT2D eigenvalue weighted by atomic mass is 9.87. The minimum Gasteiger partial charge on any atom is -0.507 e. The first-order chi connectivity index (χ1) is 12.1. The van der Waals surface area contributed by atoms with Gasteiger partial charge in [-0.2, -0.15) is 0 Å². The van der Waals surface area contributed by atoms with Gasteiger partial charge in [-0.05, 0) is 71.3 Å². The van der Waals surface area contributed by atoms with Crippen molar-refractivity contribution >= 4 is 5.91 Å². The van der Waals surface area contributed by atoms with Crippen molar-refractivity contribution in [2.24, 2.45) is 0 Å². The molecule has 1 aromatic rings. The van der Waals surface area contributed by atoms with Crippen LogP contribution in [-0.2, 0) is 16.0 Å². The van der Waals surface area contributed by atoms with Crippen LogP contribution in [0.1, 0.15) is 35.6 Å². The van der Waals surface area contributed by atoms with E-state index in [1.165, 1.54) is 0 Å². The summed E-state index contributed by atoms with van der Waals surface area (Å²) in [6.45, 7) is 9.61. The molecule has 1 amide bonds. The van der Waals surface area contributed by atoms with Crippen LogP contribution in [0.5, 0.6) is 11.5 Å². The first-order valence-electron chi connectivity index (χ1n) is 9.14. The lowest BCUT2D eigenvalue weighted by molar-refractivity contribution is -0.128. The molecule has 0 saturated carbocycles. The number of carbonyl (C=O) groups excluding carboxylic acids is 1. The van der Waals surface area contributed by atoms with Crippen molar-refractivity contribution in [2.45, 2.75) is 46.1 Å². The zero-order valence-electron chi connectivity index (χ0n) is 16.9. The minimum atomic E-state index is -0.475. The number of phenolic OH excluding ortho intramolecular Hbond substituents is 1. The van der Waals surface area contributed by atoms with Gasteiger partial charge in [0.15, 0.2) is 0 Å². The Morgan fingerprint density at radius 3 is 2.62 bits per heavy atom. The zero-order chi connectivity index (χ0) is 19.5. The number of carbonyl (C=O) groups is 1. The summed E-state index contributed by atoms with van der Waals surface area (Å²) >= 11 is 0. The molecule has 0 spiro atoms. The minimum absolute atomic E-state index is 0.0336. The number of ether oxygens (including phenoxy) is 2. The fraction of sp³-hybridized carbons (Fsp3) is 0.650. The molecule has 0 saturated heterocycles. The molecule has 2 N–H and O–H groups in total. The zero-order valence-corrected chi connectivity index (χ0v) is 16.9. The summed E-state index contributed by atoms with van der Waals surface area (Å²) in [4.78, 5) is 13.8. The largest absolute Gasteiger partial charge is 0.507 e. The number of fused-ring (bicyclic) bond motifs is 1. The Labute approximate surface area is 156 Å². The standard InChI is InChI=1S/C20H32N2O4/c1-13-14(2)19-16(15(3)18(13)24)7-8-20(4,26-19)12-25-11-17(23)21-9-10-22(5)6/h24H,7-12H2,1-6H3,(H,21,23). The molecule has 1 aliphatic rings. The molecule has 1 atom stereocenters. The number of benzene rings is 1. The van der Waals surface area contributed by atoms with Crippen molar-refractivity contribution in [2.75, 3.05) is 40.4 Å². The fourth-order valence-electron chi connectivity index (χ4n) is 3.23. The number of phenols is 1. The normalized spacial score (nSPS) is 19.2. The van der Waals surface area contributed by atoms with Gasteiger partial charge in [-0.15, -0.1) is 0 Å². The van der Waals surface area contributed by atoms with E-state index in [0.29, 0.717) is 18.9 Å². The number of nitrogens with one attached hydrogen (secondary N) is 1. The Morgan fingerprint density at radius 1 is 1.27 bits per heavy atom. The summed E-state index contributed by atoms with van der Waals surface area (Å²) in [7, 11) is 3.93. The smallest absolute Gasteiger partial charge is 0.246 e. The maximum Gasteiger partial charge on any atom is 0.246 e. The first kappa shape index (κ1) is 20.5. The quantitative estimate of drug-likeness (QED) is 0.775. The van der Waals surface area contributed by atoms with Crippen molar-refractivity contribution in [3.05, 3.63) is 22.3 Å². The lowest BCUT2D eigenvalue weighted by Crippen LogP contribution is -2.43. The maximum absolute atomic E-state index is 11.8. The van der Waals surface area contributed by atoms with Gasteiger partial charge in [-0.25, -0.2) is 0 Å². The number of nitrogens with zero attached hydrogens (tertiary/aromatic N) is 1. The van der Waals surface area contributed by atoms with Crippen molar-refractivity contribution in [3.8, 4) is 11.5 Å². The fourth-order valence-corrected chi connectivity index (χ4v) is 3.23. The van der Waals surface area contributed by atoms with Crippen LogP contribution in [-0.4, -0.2) is 61.9 Å². The summed E-state index contributed by atoms with van der Waals surface area (Å²) < 4.78 is 11.9. The number of amides is 1. The second kappa shape index (κ2) is 8.27. The third kappa shape index (κ3) is 4.68. The van der Waals surface area contributed by atoms with Gasteiger partial charge in [0.05, 0.1) is 6.61 Å². The Balaban J connectivity index is 1.94. The van der Waals surface area contributed by atoms with Gasteiger partial charge in [-0.3, -0.25) is 4.79 Å². The molecule has 1 aliphatic heterocycles. The molecule has 0 fully saturated rings. The van der Waals surface area contributed by atoms with Crippen LogP contribution in [0.4, 0.5) is 0 Å². The van der Waals surface area contributed by atoms with E-state index < -0.39 is 5.60 Å². The van der Waals surface area contributed by atoms with Crippen LogP contribution in [0, 0.1) is 20.8 Å². The Hall–Kier alpha value is -1.79. The molecule has 1 heterocycles. The third-order valence-electron chi connectivity index (χ3n) is 5.11. The molecule has 26 heavy (non-hydrogen) atoms. The van der Waals surface area contributed by atoms with Crippen molar-refractivity contribution in [1.29, 1.82) is 0 Å². The van der Waals surface area contributed by atoms with Crippen molar-refractivity contribution < 1.29 is 19.4 Å². The van der Waals surface area contributed by atoms with Gasteiger partial charge in [0.25, 0.3) is 0 Å². The second-order valence-corrected chi connectivity index (χ2v) is 7.73. The van der Waals surface area contributed by atoms with E-state index in [-0.39, 0.29) is 12.5 Å². The van der Waals surface area contributed by atoms with E-state index in [9.17, 15) is 9.90 Å². The number of likely N-dealkylation sites (N-methyl/N-ethyl adjacent to an activating group) is 1. The number of hydrogen-bond acceptors (Lipinski definition) is 5. The van der Waals surface area contributed by atoms with Gasteiger partial charge in [0.2, 0.25) is 5.91 Å². The monoisotopic (exact) mass is 364 g/mol. The van der Waals surface area contributed by atoms with E-state index in [1.54, 1.807) is 0 Å². The van der Waals surface area contributed by atoms with Crippen LogP contribution in [0.2, 0.25) is 0 Å². The van der Waals surface area contributed by atoms with Crippen LogP contribution in [0.15, 0.2) is 0 Å². The molecule has 2 rings (SSSR count). The molecule has 0 bridgehead atoms. The molecule has 6 heteroatoms. The summed E-state index contributed by atoms with van der Waals surface area (Å²) in [6.07, 6.45) is 1.61. The predicted molar refractivity (Wildman–Crippen MR) is 102 cm³/mol. The number of aromatic hydroxyl groups is 1. The van der Waals surface area contributed by atoms with E-state index in [2.05, 4.69) is 5.32 Å². The Bertz CT molecular complexity index is 673. The van der Waals surface area contributed by atoms with Gasteiger partial charge in [0, 0.05) is 18.7 Å². The summed E-state index contributed by atoms with van der Waals surface area (Å²) in [5, 5.41) is 13.1. The first-order valence-corrected chi connectivity index (χ1v) is 9.14. The number of rotatable bonds is 7. The predicted octanol–water partition coefficient (Wildman–Crippen LogP) is 2.10. The van der Waals surface area contributed by atoms with E-state index in [0.717, 1.165) is 47.4 Å². The average Bonchev–Trinajstić information content (AvgIpc) is 2.57. The summed E-state index contributed by atoms with van der Waals surface area (Å²) in [5.41, 5.74) is 3.32. The van der Waals surface area contributed by atoms with Crippen molar-refractivity contribution in [3.63, 3.8) is 0 Å². The number of hydrogen-bond donors (Lipinski definition) is 2.